The normalized spacial score (nSPS) is 20.9. The van der Waals surface area contributed by atoms with Gasteiger partial charge in [-0.3, -0.25) is 0 Å². The Hall–Kier alpha value is -3.40. The van der Waals surface area contributed by atoms with Crippen molar-refractivity contribution in [3.05, 3.63) is 101 Å². The van der Waals surface area contributed by atoms with Crippen LogP contribution in [0.25, 0.3) is 0 Å². The number of hydrogen-bond acceptors (Lipinski definition) is 3. The Morgan fingerprint density at radius 3 is 2.29 bits per heavy atom. The third-order valence-electron chi connectivity index (χ3n) is 7.67. The number of carboxylic acid groups (broad SMARTS) is 1. The third-order valence-corrected chi connectivity index (χ3v) is 7.67. The zero-order valence-electron chi connectivity index (χ0n) is 19.4. The van der Waals surface area contributed by atoms with Gasteiger partial charge in [0.1, 0.15) is 6.29 Å². The highest BCUT2D eigenvalue weighted by Gasteiger charge is 2.31. The lowest BCUT2D eigenvalue weighted by Crippen LogP contribution is -2.34. The zero-order valence-corrected chi connectivity index (χ0v) is 19.4. The highest BCUT2D eigenvalue weighted by atomic mass is 16.4. The molecule has 174 valence electrons. The van der Waals surface area contributed by atoms with Crippen molar-refractivity contribution in [2.24, 2.45) is 5.92 Å². The van der Waals surface area contributed by atoms with Crippen LogP contribution in [-0.2, 0) is 11.2 Å². The Balaban J connectivity index is 1.52. The Kier molecular flexibility index (Phi) is 6.48. The van der Waals surface area contributed by atoms with Crippen molar-refractivity contribution < 1.29 is 14.7 Å². The van der Waals surface area contributed by atoms with Crippen molar-refractivity contribution in [2.45, 2.75) is 43.9 Å². The standard InChI is InChI=1S/C30H31NO3/c32-20-21-15-17-31(18-16-21)26-12-9-23(10-13-26)29-27(22-5-2-1-3-6-22)8-4-7-24-19-25(30(33)34)11-14-28(24)29/h1-3,5-6,9-14,19-21,27,29H,4,7-8,15-18H2,(H,33,34)/t27-,29+/m1/s1. The lowest BCUT2D eigenvalue weighted by Gasteiger charge is -2.32. The van der Waals surface area contributed by atoms with Crippen molar-refractivity contribution in [1.82, 2.24) is 0 Å². The molecular weight excluding hydrogens is 422 g/mol. The van der Waals surface area contributed by atoms with Crippen LogP contribution in [-0.4, -0.2) is 30.5 Å². The van der Waals surface area contributed by atoms with Gasteiger partial charge in [-0.2, -0.15) is 0 Å². The first-order chi connectivity index (χ1) is 16.6. The fourth-order valence-corrected chi connectivity index (χ4v) is 5.81. The first-order valence-corrected chi connectivity index (χ1v) is 12.4. The number of aryl methyl sites for hydroxylation is 1. The molecule has 0 radical (unpaired) electrons. The molecule has 2 aliphatic rings. The van der Waals surface area contributed by atoms with E-state index in [1.807, 2.05) is 12.1 Å². The molecule has 1 heterocycles. The van der Waals surface area contributed by atoms with Crippen molar-refractivity contribution >= 4 is 17.9 Å². The molecule has 1 fully saturated rings. The van der Waals surface area contributed by atoms with Crippen LogP contribution < -0.4 is 4.90 Å². The minimum atomic E-state index is -0.870. The molecule has 0 saturated carbocycles. The Bertz CT molecular complexity index is 1150. The number of nitrogens with zero attached hydrogens (tertiary/aromatic N) is 1. The summed E-state index contributed by atoms with van der Waals surface area (Å²) in [5, 5.41) is 9.53. The molecule has 0 amide bonds. The zero-order chi connectivity index (χ0) is 23.5. The topological polar surface area (TPSA) is 57.6 Å². The number of rotatable bonds is 5. The van der Waals surface area contributed by atoms with Gasteiger partial charge in [0.15, 0.2) is 0 Å². The van der Waals surface area contributed by atoms with Gasteiger partial charge in [0.25, 0.3) is 0 Å². The van der Waals surface area contributed by atoms with E-state index < -0.39 is 5.97 Å². The van der Waals surface area contributed by atoms with Gasteiger partial charge in [0.2, 0.25) is 0 Å². The van der Waals surface area contributed by atoms with E-state index in [9.17, 15) is 14.7 Å². The quantitative estimate of drug-likeness (QED) is 0.377. The predicted molar refractivity (Wildman–Crippen MR) is 135 cm³/mol. The summed E-state index contributed by atoms with van der Waals surface area (Å²) in [5.41, 5.74) is 6.58. The molecule has 1 aliphatic heterocycles. The smallest absolute Gasteiger partial charge is 0.335 e. The molecule has 3 aromatic carbocycles. The van der Waals surface area contributed by atoms with Gasteiger partial charge in [-0.1, -0.05) is 48.5 Å². The number of aromatic carboxylic acids is 1. The molecule has 0 spiro atoms. The maximum absolute atomic E-state index is 11.6. The van der Waals surface area contributed by atoms with E-state index in [4.69, 9.17) is 0 Å². The lowest BCUT2D eigenvalue weighted by atomic mass is 9.75. The van der Waals surface area contributed by atoms with Crippen LogP contribution in [0.3, 0.4) is 0 Å². The molecule has 4 nitrogen and oxygen atoms in total. The number of carbonyl (C=O) groups is 2. The van der Waals surface area contributed by atoms with Gasteiger partial charge in [-0.15, -0.1) is 0 Å². The van der Waals surface area contributed by atoms with Gasteiger partial charge in [0, 0.05) is 30.6 Å². The van der Waals surface area contributed by atoms with Crippen LogP contribution in [0.5, 0.6) is 0 Å². The average Bonchev–Trinajstić information content (AvgIpc) is 3.08. The largest absolute Gasteiger partial charge is 0.478 e. The third kappa shape index (κ3) is 4.50. The monoisotopic (exact) mass is 453 g/mol. The summed E-state index contributed by atoms with van der Waals surface area (Å²) in [4.78, 5) is 25.1. The van der Waals surface area contributed by atoms with Crippen molar-refractivity contribution in [1.29, 1.82) is 0 Å². The van der Waals surface area contributed by atoms with Crippen LogP contribution in [0.1, 0.15) is 70.1 Å². The van der Waals surface area contributed by atoms with Gasteiger partial charge >= 0.3 is 5.97 Å². The number of aldehydes is 1. The molecule has 1 aliphatic carbocycles. The van der Waals surface area contributed by atoms with Crippen LogP contribution in [0.15, 0.2) is 72.8 Å². The van der Waals surface area contributed by atoms with Gasteiger partial charge in [0.05, 0.1) is 5.56 Å². The van der Waals surface area contributed by atoms with Gasteiger partial charge in [-0.25, -0.2) is 4.79 Å². The number of benzene rings is 3. The summed E-state index contributed by atoms with van der Waals surface area (Å²) >= 11 is 0. The van der Waals surface area contributed by atoms with Crippen LogP contribution in [0.2, 0.25) is 0 Å². The van der Waals surface area contributed by atoms with E-state index in [1.54, 1.807) is 6.07 Å². The summed E-state index contributed by atoms with van der Waals surface area (Å²) < 4.78 is 0. The van der Waals surface area contributed by atoms with Crippen molar-refractivity contribution in [2.75, 3.05) is 18.0 Å². The molecule has 0 bridgehead atoms. The van der Waals surface area contributed by atoms with E-state index in [-0.39, 0.29) is 11.8 Å². The number of piperidine rings is 1. The fraction of sp³-hybridized carbons (Fsp3) is 0.333. The minimum absolute atomic E-state index is 0.178. The molecule has 0 aromatic heterocycles. The molecule has 2 atom stereocenters. The van der Waals surface area contributed by atoms with E-state index in [1.165, 1.54) is 22.4 Å². The predicted octanol–water partition coefficient (Wildman–Crippen LogP) is 6.05. The molecular formula is C30H31NO3. The number of anilines is 1. The minimum Gasteiger partial charge on any atom is -0.478 e. The SMILES string of the molecule is O=CC1CCN(c2ccc([C@@H]3c4ccc(C(=O)O)cc4CCC[C@@H]3c3ccccc3)cc2)CC1. The summed E-state index contributed by atoms with van der Waals surface area (Å²) in [6.07, 6.45) is 5.94. The first-order valence-electron chi connectivity index (χ1n) is 12.4. The Labute approximate surface area is 201 Å². The molecule has 4 heteroatoms. The lowest BCUT2D eigenvalue weighted by molar-refractivity contribution is -0.111. The highest BCUT2D eigenvalue weighted by Crippen LogP contribution is 2.45. The summed E-state index contributed by atoms with van der Waals surface area (Å²) in [6.45, 7) is 1.83. The molecule has 1 N–H and O–H groups in total. The highest BCUT2D eigenvalue weighted by molar-refractivity contribution is 5.88. The summed E-state index contributed by atoms with van der Waals surface area (Å²) in [7, 11) is 0. The van der Waals surface area contributed by atoms with E-state index in [2.05, 4.69) is 59.5 Å². The van der Waals surface area contributed by atoms with Crippen LogP contribution in [0, 0.1) is 5.92 Å². The number of fused-ring (bicyclic) bond motifs is 1. The molecule has 0 unspecified atom stereocenters. The first kappa shape index (κ1) is 22.4. The number of carbonyl (C=O) groups excluding carboxylic acids is 1. The second kappa shape index (κ2) is 9.84. The fourth-order valence-electron chi connectivity index (χ4n) is 5.81. The van der Waals surface area contributed by atoms with E-state index in [0.29, 0.717) is 11.5 Å². The van der Waals surface area contributed by atoms with E-state index in [0.717, 1.165) is 57.0 Å². The van der Waals surface area contributed by atoms with E-state index >= 15 is 0 Å². The molecule has 1 saturated heterocycles. The Morgan fingerprint density at radius 2 is 1.62 bits per heavy atom. The molecule has 34 heavy (non-hydrogen) atoms. The molecule has 3 aromatic rings. The average molecular weight is 454 g/mol. The molecule has 5 rings (SSSR count). The van der Waals surface area contributed by atoms with Crippen LogP contribution >= 0.6 is 0 Å². The second-order valence-corrected chi connectivity index (χ2v) is 9.66. The van der Waals surface area contributed by atoms with Crippen LogP contribution in [0.4, 0.5) is 5.69 Å². The number of hydrogen-bond donors (Lipinski definition) is 1. The van der Waals surface area contributed by atoms with Crippen molar-refractivity contribution in [3.63, 3.8) is 0 Å². The maximum Gasteiger partial charge on any atom is 0.335 e. The van der Waals surface area contributed by atoms with Gasteiger partial charge < -0.3 is 14.8 Å². The second-order valence-electron chi connectivity index (χ2n) is 9.66. The van der Waals surface area contributed by atoms with Gasteiger partial charge in [-0.05, 0) is 84.5 Å². The Morgan fingerprint density at radius 1 is 0.882 bits per heavy atom. The summed E-state index contributed by atoms with van der Waals surface area (Å²) in [5.74, 6) is -0.156. The van der Waals surface area contributed by atoms with Crippen molar-refractivity contribution in [3.8, 4) is 0 Å². The maximum atomic E-state index is 11.6. The number of carboxylic acids is 1. The summed E-state index contributed by atoms with van der Waals surface area (Å²) in [6, 6.07) is 25.3.